The van der Waals surface area contributed by atoms with Crippen LogP contribution in [0.2, 0.25) is 5.02 Å². The molecule has 0 aliphatic carbocycles. The number of sulfonamides is 1. The second kappa shape index (κ2) is 9.26. The summed E-state index contributed by atoms with van der Waals surface area (Å²) in [5, 5.41) is 3.40. The number of carbonyl (C=O) groups excluding carboxylic acids is 1. The van der Waals surface area contributed by atoms with Gasteiger partial charge in [0, 0.05) is 25.0 Å². The largest absolute Gasteiger partial charge is 0.325 e. The van der Waals surface area contributed by atoms with E-state index in [0.717, 1.165) is 19.3 Å². The average molecular weight is 440 g/mol. The van der Waals surface area contributed by atoms with Gasteiger partial charge in [0.05, 0.1) is 15.2 Å². The Labute approximate surface area is 174 Å². The van der Waals surface area contributed by atoms with Crippen molar-refractivity contribution in [3.8, 4) is 0 Å². The molecule has 28 heavy (non-hydrogen) atoms. The zero-order valence-corrected chi connectivity index (χ0v) is 17.9. The van der Waals surface area contributed by atoms with Crippen LogP contribution in [-0.4, -0.2) is 42.0 Å². The monoisotopic (exact) mass is 439 g/mol. The molecule has 1 amide bonds. The molecule has 1 aromatic heterocycles. The molecule has 0 radical (unpaired) electrons. The predicted octanol–water partition coefficient (Wildman–Crippen LogP) is 4.03. The lowest BCUT2D eigenvalue weighted by Gasteiger charge is -2.26. The average Bonchev–Trinajstić information content (AvgIpc) is 2.70. The highest BCUT2D eigenvalue weighted by Gasteiger charge is 2.26. The van der Waals surface area contributed by atoms with Gasteiger partial charge >= 0.3 is 0 Å². The summed E-state index contributed by atoms with van der Waals surface area (Å²) in [7, 11) is -3.55. The van der Waals surface area contributed by atoms with Crippen LogP contribution in [0.25, 0.3) is 0 Å². The van der Waals surface area contributed by atoms with Crippen LogP contribution in [0.15, 0.2) is 52.5 Å². The normalized spacial score (nSPS) is 16.5. The number of pyridine rings is 1. The Bertz CT molecular complexity index is 947. The molecule has 1 unspecified atom stereocenters. The van der Waals surface area contributed by atoms with E-state index in [1.807, 2.05) is 0 Å². The van der Waals surface area contributed by atoms with Crippen LogP contribution in [0, 0.1) is 0 Å². The van der Waals surface area contributed by atoms with Crippen molar-refractivity contribution >= 4 is 45.0 Å². The van der Waals surface area contributed by atoms with Crippen LogP contribution in [0.4, 0.5) is 5.69 Å². The molecule has 9 heteroatoms. The van der Waals surface area contributed by atoms with Crippen molar-refractivity contribution < 1.29 is 13.2 Å². The number of benzene rings is 1. The Kier molecular flexibility index (Phi) is 6.98. The smallest absolute Gasteiger partial charge is 0.243 e. The molecule has 1 aromatic carbocycles. The molecule has 3 rings (SSSR count). The number of nitrogens with one attached hydrogen (secondary N) is 1. The summed E-state index contributed by atoms with van der Waals surface area (Å²) in [6.07, 6.45) is 4.42. The van der Waals surface area contributed by atoms with E-state index < -0.39 is 15.3 Å². The summed E-state index contributed by atoms with van der Waals surface area (Å²) in [6.45, 7) is 2.83. The van der Waals surface area contributed by atoms with Crippen molar-refractivity contribution in [1.29, 1.82) is 0 Å². The van der Waals surface area contributed by atoms with E-state index >= 15 is 0 Å². The maximum Gasteiger partial charge on any atom is 0.243 e. The zero-order valence-electron chi connectivity index (χ0n) is 15.5. The van der Waals surface area contributed by atoms with Crippen molar-refractivity contribution in [2.45, 2.75) is 41.4 Å². The van der Waals surface area contributed by atoms with Crippen LogP contribution in [0.3, 0.4) is 0 Å². The fourth-order valence-electron chi connectivity index (χ4n) is 2.91. The first kappa shape index (κ1) is 21.1. The number of aromatic nitrogens is 1. The first-order valence-corrected chi connectivity index (χ1v) is 11.8. The number of hydrogen-bond donors (Lipinski definition) is 1. The molecule has 1 atom stereocenters. The molecular weight excluding hydrogens is 418 g/mol. The molecule has 0 bridgehead atoms. The van der Waals surface area contributed by atoms with E-state index in [1.54, 1.807) is 43.5 Å². The maximum atomic E-state index is 12.8. The van der Waals surface area contributed by atoms with Crippen molar-refractivity contribution in [3.05, 3.63) is 47.6 Å². The van der Waals surface area contributed by atoms with Gasteiger partial charge in [0.2, 0.25) is 15.9 Å². The van der Waals surface area contributed by atoms with Gasteiger partial charge in [-0.05, 0) is 50.1 Å². The maximum absolute atomic E-state index is 12.8. The molecular formula is C19H22ClN3O3S2. The number of piperidine rings is 1. The zero-order chi connectivity index (χ0) is 20.1. The van der Waals surface area contributed by atoms with E-state index in [9.17, 15) is 13.2 Å². The quantitative estimate of drug-likeness (QED) is 0.687. The standard InChI is InChI=1S/C19H22ClN3O3S2/c1-14(27-19-17(20)9-6-10-21-19)18(24)22-15-7-5-8-16(13-15)28(25,26)23-11-3-2-4-12-23/h5-10,13-14H,2-4,11-12H2,1H3,(H,22,24). The molecule has 150 valence electrons. The minimum Gasteiger partial charge on any atom is -0.325 e. The number of hydrogen-bond acceptors (Lipinski definition) is 5. The van der Waals surface area contributed by atoms with Gasteiger partial charge in [-0.25, -0.2) is 13.4 Å². The third-order valence-corrected chi connectivity index (χ3v) is 7.86. The van der Waals surface area contributed by atoms with Gasteiger partial charge in [0.15, 0.2) is 0 Å². The van der Waals surface area contributed by atoms with Crippen LogP contribution in [-0.2, 0) is 14.8 Å². The highest BCUT2D eigenvalue weighted by Crippen LogP contribution is 2.29. The summed E-state index contributed by atoms with van der Waals surface area (Å²) in [6, 6.07) is 9.83. The van der Waals surface area contributed by atoms with Gasteiger partial charge in [-0.1, -0.05) is 35.9 Å². The Morgan fingerprint density at radius 1 is 1.21 bits per heavy atom. The second-order valence-electron chi connectivity index (χ2n) is 6.53. The van der Waals surface area contributed by atoms with E-state index in [-0.39, 0.29) is 10.8 Å². The van der Waals surface area contributed by atoms with Crippen LogP contribution in [0.5, 0.6) is 0 Å². The lowest BCUT2D eigenvalue weighted by atomic mass is 10.2. The fourth-order valence-corrected chi connectivity index (χ4v) is 5.53. The summed E-state index contributed by atoms with van der Waals surface area (Å²) in [5.74, 6) is -0.251. The summed E-state index contributed by atoms with van der Waals surface area (Å²) in [5.41, 5.74) is 0.447. The van der Waals surface area contributed by atoms with Crippen LogP contribution < -0.4 is 5.32 Å². The van der Waals surface area contributed by atoms with E-state index in [4.69, 9.17) is 11.6 Å². The van der Waals surface area contributed by atoms with Crippen molar-refractivity contribution in [2.75, 3.05) is 18.4 Å². The Morgan fingerprint density at radius 3 is 2.68 bits per heavy atom. The Balaban J connectivity index is 1.70. The van der Waals surface area contributed by atoms with Crippen molar-refractivity contribution in [3.63, 3.8) is 0 Å². The molecule has 0 spiro atoms. The molecule has 0 saturated carbocycles. The number of halogens is 1. The van der Waals surface area contributed by atoms with E-state index in [1.165, 1.54) is 22.1 Å². The molecule has 2 aromatic rings. The molecule has 2 heterocycles. The van der Waals surface area contributed by atoms with Gasteiger partial charge in [0.25, 0.3) is 0 Å². The first-order chi connectivity index (χ1) is 13.4. The lowest BCUT2D eigenvalue weighted by Crippen LogP contribution is -2.35. The van der Waals surface area contributed by atoms with Gasteiger partial charge < -0.3 is 5.32 Å². The molecule has 6 nitrogen and oxygen atoms in total. The summed E-state index contributed by atoms with van der Waals surface area (Å²) < 4.78 is 27.2. The minimum atomic E-state index is -3.55. The fraction of sp³-hybridized carbons (Fsp3) is 0.368. The molecule has 1 saturated heterocycles. The molecule has 1 N–H and O–H groups in total. The molecule has 1 aliphatic rings. The Morgan fingerprint density at radius 2 is 1.96 bits per heavy atom. The van der Waals surface area contributed by atoms with Gasteiger partial charge in [-0.15, -0.1) is 0 Å². The predicted molar refractivity (Wildman–Crippen MR) is 112 cm³/mol. The SMILES string of the molecule is CC(Sc1ncccc1Cl)C(=O)Nc1cccc(S(=O)(=O)N2CCCCC2)c1. The summed E-state index contributed by atoms with van der Waals surface area (Å²) >= 11 is 7.34. The molecule has 1 aliphatic heterocycles. The highest BCUT2D eigenvalue weighted by molar-refractivity contribution is 8.00. The number of anilines is 1. The van der Waals surface area contributed by atoms with Gasteiger partial charge in [-0.2, -0.15) is 4.31 Å². The highest BCUT2D eigenvalue weighted by atomic mass is 35.5. The third kappa shape index (κ3) is 5.05. The number of amides is 1. The Hall–Kier alpha value is -1.61. The van der Waals surface area contributed by atoms with Gasteiger partial charge in [0.1, 0.15) is 5.03 Å². The van der Waals surface area contributed by atoms with Crippen LogP contribution in [0.1, 0.15) is 26.2 Å². The lowest BCUT2D eigenvalue weighted by molar-refractivity contribution is -0.115. The van der Waals surface area contributed by atoms with Gasteiger partial charge in [-0.3, -0.25) is 4.79 Å². The number of carbonyl (C=O) groups is 1. The first-order valence-electron chi connectivity index (χ1n) is 9.06. The van der Waals surface area contributed by atoms with E-state index in [2.05, 4.69) is 10.3 Å². The number of rotatable bonds is 6. The summed E-state index contributed by atoms with van der Waals surface area (Å²) in [4.78, 5) is 16.9. The van der Waals surface area contributed by atoms with Crippen molar-refractivity contribution in [1.82, 2.24) is 9.29 Å². The van der Waals surface area contributed by atoms with Crippen molar-refractivity contribution in [2.24, 2.45) is 0 Å². The van der Waals surface area contributed by atoms with Crippen LogP contribution >= 0.6 is 23.4 Å². The second-order valence-corrected chi connectivity index (χ2v) is 10.2. The topological polar surface area (TPSA) is 79.4 Å². The molecule has 1 fully saturated rings. The number of thioether (sulfide) groups is 1. The minimum absolute atomic E-state index is 0.195. The number of nitrogens with zero attached hydrogens (tertiary/aromatic N) is 2. The van der Waals surface area contributed by atoms with E-state index in [0.29, 0.717) is 28.8 Å². The third-order valence-electron chi connectivity index (χ3n) is 4.44.